The first kappa shape index (κ1) is 12.8. The molecule has 0 aromatic rings. The highest BCUT2D eigenvalue weighted by Crippen LogP contribution is 2.53. The molecule has 0 aliphatic carbocycles. The number of carbonyl (C=O) groups excluding carboxylic acids is 1. The Balaban J connectivity index is 3.11. The minimum Gasteiger partial charge on any atom is -0.465 e. The molecule has 0 bridgehead atoms. The number of hydrogen-bond donors (Lipinski definition) is 0. The van der Waals surface area contributed by atoms with Gasteiger partial charge in [0.1, 0.15) is 0 Å². The molecule has 1 rings (SSSR count). The lowest BCUT2D eigenvalue weighted by Gasteiger charge is -2.44. The molecule has 0 amide bonds. The third-order valence-corrected chi connectivity index (χ3v) is 10.6. The standard InChI is InChI=1S/C12H24O2Si/c1-11(2,3)15(6,7)9-10(13)14-8-12(9,4)5/h9H,8H2,1-7H3. The van der Waals surface area contributed by atoms with Crippen LogP contribution in [0.25, 0.3) is 0 Å². The molecule has 0 saturated carbocycles. The Bertz CT molecular complexity index is 274. The van der Waals surface area contributed by atoms with Gasteiger partial charge in [0.15, 0.2) is 0 Å². The Morgan fingerprint density at radius 1 is 1.33 bits per heavy atom. The van der Waals surface area contributed by atoms with Gasteiger partial charge in [-0.25, -0.2) is 0 Å². The van der Waals surface area contributed by atoms with E-state index in [0.717, 1.165) is 0 Å². The summed E-state index contributed by atoms with van der Waals surface area (Å²) in [6.07, 6.45) is 0. The molecule has 2 nitrogen and oxygen atoms in total. The zero-order valence-electron chi connectivity index (χ0n) is 11.1. The van der Waals surface area contributed by atoms with E-state index in [1.807, 2.05) is 0 Å². The second kappa shape index (κ2) is 3.34. The largest absolute Gasteiger partial charge is 0.465 e. The van der Waals surface area contributed by atoms with E-state index in [2.05, 4.69) is 47.7 Å². The van der Waals surface area contributed by atoms with Crippen molar-refractivity contribution in [1.29, 1.82) is 0 Å². The molecule has 0 spiro atoms. The van der Waals surface area contributed by atoms with Crippen LogP contribution < -0.4 is 0 Å². The number of carbonyl (C=O) groups is 1. The second-order valence-electron chi connectivity index (χ2n) is 7.00. The van der Waals surface area contributed by atoms with Crippen LogP contribution in [0.2, 0.25) is 23.7 Å². The van der Waals surface area contributed by atoms with Crippen LogP contribution in [0.5, 0.6) is 0 Å². The maximum absolute atomic E-state index is 11.9. The maximum Gasteiger partial charge on any atom is 0.306 e. The van der Waals surface area contributed by atoms with Gasteiger partial charge in [0.05, 0.1) is 20.2 Å². The summed E-state index contributed by atoms with van der Waals surface area (Å²) in [5.74, 6) is 0.0339. The van der Waals surface area contributed by atoms with Crippen LogP contribution in [0.15, 0.2) is 0 Å². The van der Waals surface area contributed by atoms with Gasteiger partial charge in [0.2, 0.25) is 0 Å². The summed E-state index contributed by atoms with van der Waals surface area (Å²) < 4.78 is 5.26. The van der Waals surface area contributed by atoms with Crippen molar-refractivity contribution < 1.29 is 9.53 Å². The third kappa shape index (κ3) is 1.99. The summed E-state index contributed by atoms with van der Waals surface area (Å²) >= 11 is 0. The van der Waals surface area contributed by atoms with Crippen LogP contribution in [0.3, 0.4) is 0 Å². The molecule has 1 saturated heterocycles. The van der Waals surface area contributed by atoms with E-state index in [1.54, 1.807) is 0 Å². The molecule has 0 N–H and O–H groups in total. The summed E-state index contributed by atoms with van der Waals surface area (Å²) in [6.45, 7) is 16.3. The van der Waals surface area contributed by atoms with Crippen molar-refractivity contribution >= 4 is 14.0 Å². The van der Waals surface area contributed by atoms with Crippen LogP contribution in [0.4, 0.5) is 0 Å². The Labute approximate surface area is 94.4 Å². The average Bonchev–Trinajstić information content (AvgIpc) is 2.23. The van der Waals surface area contributed by atoms with Gasteiger partial charge in [-0.15, -0.1) is 0 Å². The first-order valence-corrected chi connectivity index (χ1v) is 8.74. The monoisotopic (exact) mass is 228 g/mol. The smallest absolute Gasteiger partial charge is 0.306 e. The van der Waals surface area contributed by atoms with Crippen molar-refractivity contribution in [1.82, 2.24) is 0 Å². The Kier molecular flexibility index (Phi) is 2.84. The molecule has 88 valence electrons. The SMILES string of the molecule is CC1(C)COC(=O)C1[Si](C)(C)C(C)(C)C. The van der Waals surface area contributed by atoms with Crippen LogP contribution in [-0.4, -0.2) is 20.7 Å². The summed E-state index contributed by atoms with van der Waals surface area (Å²) in [4.78, 5) is 11.9. The highest BCUT2D eigenvalue weighted by molar-refractivity contribution is 6.84. The van der Waals surface area contributed by atoms with E-state index in [0.29, 0.717) is 6.61 Å². The summed E-state index contributed by atoms with van der Waals surface area (Å²) in [5.41, 5.74) is 0.144. The van der Waals surface area contributed by atoms with Crippen molar-refractivity contribution in [3.05, 3.63) is 0 Å². The maximum atomic E-state index is 11.9. The number of esters is 1. The average molecular weight is 228 g/mol. The molecular weight excluding hydrogens is 204 g/mol. The predicted molar refractivity (Wildman–Crippen MR) is 65.7 cm³/mol. The number of hydrogen-bond acceptors (Lipinski definition) is 2. The van der Waals surface area contributed by atoms with E-state index < -0.39 is 8.07 Å². The first-order valence-electron chi connectivity index (χ1n) is 5.67. The second-order valence-corrected chi connectivity index (χ2v) is 12.5. The summed E-state index contributed by atoms with van der Waals surface area (Å²) in [7, 11) is -1.64. The topological polar surface area (TPSA) is 26.3 Å². The van der Waals surface area contributed by atoms with Crippen LogP contribution in [-0.2, 0) is 9.53 Å². The van der Waals surface area contributed by atoms with Gasteiger partial charge in [-0.05, 0) is 5.04 Å². The van der Waals surface area contributed by atoms with Gasteiger partial charge in [-0.1, -0.05) is 47.7 Å². The van der Waals surface area contributed by atoms with Crippen molar-refractivity contribution in [3.63, 3.8) is 0 Å². The molecule has 0 aromatic carbocycles. The van der Waals surface area contributed by atoms with Crippen molar-refractivity contribution in [2.75, 3.05) is 6.61 Å². The quantitative estimate of drug-likeness (QED) is 0.507. The number of ether oxygens (including phenoxy) is 1. The molecule has 3 heteroatoms. The zero-order valence-corrected chi connectivity index (χ0v) is 12.1. The lowest BCUT2D eigenvalue weighted by Crippen LogP contribution is -2.48. The molecule has 1 atom stereocenters. The van der Waals surface area contributed by atoms with Gasteiger partial charge in [0.25, 0.3) is 0 Å². The van der Waals surface area contributed by atoms with Gasteiger partial charge in [-0.2, -0.15) is 0 Å². The van der Waals surface area contributed by atoms with E-state index in [9.17, 15) is 4.79 Å². The summed E-state index contributed by atoms with van der Waals surface area (Å²) in [5, 5.41) is 0.234. The number of rotatable bonds is 1. The van der Waals surface area contributed by atoms with E-state index >= 15 is 0 Å². The Hall–Kier alpha value is -0.313. The molecule has 1 aliphatic rings. The van der Waals surface area contributed by atoms with Crippen LogP contribution in [0.1, 0.15) is 34.6 Å². The van der Waals surface area contributed by atoms with Gasteiger partial charge >= 0.3 is 5.97 Å². The molecule has 15 heavy (non-hydrogen) atoms. The van der Waals surface area contributed by atoms with E-state index in [-0.39, 0.29) is 22.0 Å². The van der Waals surface area contributed by atoms with Crippen LogP contribution >= 0.6 is 0 Å². The lowest BCUT2D eigenvalue weighted by molar-refractivity contribution is -0.138. The molecule has 1 fully saturated rings. The van der Waals surface area contributed by atoms with Crippen molar-refractivity contribution in [3.8, 4) is 0 Å². The predicted octanol–water partition coefficient (Wildman–Crippen LogP) is 3.45. The van der Waals surface area contributed by atoms with Gasteiger partial charge in [-0.3, -0.25) is 4.79 Å². The minimum absolute atomic E-state index is 0.0140. The molecule has 0 aromatic heterocycles. The Morgan fingerprint density at radius 3 is 2.07 bits per heavy atom. The molecule has 0 radical (unpaired) electrons. The molecule has 1 unspecified atom stereocenters. The fourth-order valence-corrected chi connectivity index (χ4v) is 6.02. The Morgan fingerprint density at radius 2 is 1.80 bits per heavy atom. The first-order chi connectivity index (χ1) is 6.50. The van der Waals surface area contributed by atoms with E-state index in [1.165, 1.54) is 0 Å². The van der Waals surface area contributed by atoms with Crippen molar-refractivity contribution in [2.45, 2.75) is 58.3 Å². The van der Waals surface area contributed by atoms with Crippen LogP contribution in [0, 0.1) is 5.41 Å². The minimum atomic E-state index is -1.64. The molecule has 1 heterocycles. The highest BCUT2D eigenvalue weighted by Gasteiger charge is 2.56. The fourth-order valence-electron chi connectivity index (χ4n) is 2.45. The van der Waals surface area contributed by atoms with Crippen molar-refractivity contribution in [2.24, 2.45) is 5.41 Å². The van der Waals surface area contributed by atoms with Gasteiger partial charge in [0, 0.05) is 5.41 Å². The third-order valence-electron chi connectivity index (χ3n) is 4.26. The lowest BCUT2D eigenvalue weighted by atomic mass is 9.92. The van der Waals surface area contributed by atoms with E-state index in [4.69, 9.17) is 4.74 Å². The zero-order chi connectivity index (χ0) is 12.1. The molecular formula is C12H24O2Si. The number of cyclic esters (lactones) is 1. The van der Waals surface area contributed by atoms with Gasteiger partial charge < -0.3 is 4.74 Å². The molecule has 1 aliphatic heterocycles. The summed E-state index contributed by atoms with van der Waals surface area (Å²) in [6, 6.07) is 0. The highest BCUT2D eigenvalue weighted by atomic mass is 28.3. The normalized spacial score (nSPS) is 26.6. The fraction of sp³-hybridized carbons (Fsp3) is 0.917.